The molecule has 0 aromatic heterocycles. The molecule has 19 heavy (non-hydrogen) atoms. The second-order valence-electron chi connectivity index (χ2n) is 4.64. The minimum Gasteiger partial charge on any atom is -0.423 e. The highest BCUT2D eigenvalue weighted by atomic mass is 35.5. The number of nitrogens with zero attached hydrogens (tertiary/aromatic N) is 1. The number of aliphatic hydroxyl groups excluding tert-OH is 1. The summed E-state index contributed by atoms with van der Waals surface area (Å²) >= 11 is 6.00. The number of benzene rings is 1. The summed E-state index contributed by atoms with van der Waals surface area (Å²) in [7, 11) is -1.60. The summed E-state index contributed by atoms with van der Waals surface area (Å²) in [5, 5.41) is 27.7. The van der Waals surface area contributed by atoms with Crippen LogP contribution in [0.5, 0.6) is 0 Å². The molecule has 5 nitrogen and oxygen atoms in total. The number of likely N-dealkylation sites (tertiary alicyclic amines) is 1. The van der Waals surface area contributed by atoms with Gasteiger partial charge in [-0.15, -0.1) is 0 Å². The molecule has 1 fully saturated rings. The molecule has 1 heterocycles. The SMILES string of the molecule is O=C(c1ccc(B(O)O)cc1Cl)N1CCC(O)CC1. The van der Waals surface area contributed by atoms with Crippen molar-refractivity contribution in [1.29, 1.82) is 0 Å². The Labute approximate surface area is 116 Å². The van der Waals surface area contributed by atoms with Crippen molar-refractivity contribution in [1.82, 2.24) is 4.90 Å². The first kappa shape index (κ1) is 14.3. The number of amides is 1. The molecule has 0 bridgehead atoms. The van der Waals surface area contributed by atoms with Crippen LogP contribution >= 0.6 is 11.6 Å². The van der Waals surface area contributed by atoms with Crippen LogP contribution in [0.25, 0.3) is 0 Å². The van der Waals surface area contributed by atoms with Gasteiger partial charge in [-0.2, -0.15) is 0 Å². The topological polar surface area (TPSA) is 81.0 Å². The molecule has 102 valence electrons. The number of carbonyl (C=O) groups excluding carboxylic acids is 1. The van der Waals surface area contributed by atoms with Gasteiger partial charge in [0.05, 0.1) is 16.7 Å². The van der Waals surface area contributed by atoms with Gasteiger partial charge >= 0.3 is 7.12 Å². The Morgan fingerprint density at radius 2 is 1.95 bits per heavy atom. The third-order valence-corrected chi connectivity index (χ3v) is 3.59. The molecule has 0 atom stereocenters. The molecular formula is C12H15BClNO4. The van der Waals surface area contributed by atoms with Crippen molar-refractivity contribution in [3.05, 3.63) is 28.8 Å². The molecule has 2 rings (SSSR count). The van der Waals surface area contributed by atoms with Crippen molar-refractivity contribution >= 4 is 30.1 Å². The van der Waals surface area contributed by atoms with E-state index in [-0.39, 0.29) is 22.5 Å². The van der Waals surface area contributed by atoms with Gasteiger partial charge in [0.15, 0.2) is 0 Å². The standard InChI is InChI=1S/C12H15BClNO4/c14-11-7-8(13(18)19)1-2-10(11)12(17)15-5-3-9(16)4-6-15/h1-2,7,9,16,18-19H,3-6H2. The van der Waals surface area contributed by atoms with Crippen LogP contribution in [-0.2, 0) is 0 Å². The Balaban J connectivity index is 2.15. The van der Waals surface area contributed by atoms with E-state index >= 15 is 0 Å². The van der Waals surface area contributed by atoms with Crippen molar-refractivity contribution in [3.63, 3.8) is 0 Å². The normalized spacial score (nSPS) is 16.5. The second kappa shape index (κ2) is 5.92. The quantitative estimate of drug-likeness (QED) is 0.646. The molecule has 0 saturated carbocycles. The Hall–Kier alpha value is -1.08. The Morgan fingerprint density at radius 3 is 2.47 bits per heavy atom. The molecular weight excluding hydrogens is 268 g/mol. The highest BCUT2D eigenvalue weighted by molar-refractivity contribution is 6.59. The van der Waals surface area contributed by atoms with E-state index in [9.17, 15) is 9.90 Å². The van der Waals surface area contributed by atoms with Gasteiger partial charge in [-0.3, -0.25) is 4.79 Å². The number of piperidine rings is 1. The molecule has 1 aromatic carbocycles. The maximum absolute atomic E-state index is 12.2. The predicted molar refractivity (Wildman–Crippen MR) is 72.4 cm³/mol. The zero-order chi connectivity index (χ0) is 14.0. The smallest absolute Gasteiger partial charge is 0.423 e. The van der Waals surface area contributed by atoms with Crippen molar-refractivity contribution in [2.45, 2.75) is 18.9 Å². The number of rotatable bonds is 2. The second-order valence-corrected chi connectivity index (χ2v) is 5.04. The van der Waals surface area contributed by atoms with Gasteiger partial charge in [-0.05, 0) is 30.4 Å². The molecule has 0 spiro atoms. The minimum atomic E-state index is -1.60. The number of hydrogen-bond acceptors (Lipinski definition) is 4. The zero-order valence-corrected chi connectivity index (χ0v) is 11.0. The first-order valence-electron chi connectivity index (χ1n) is 6.12. The summed E-state index contributed by atoms with van der Waals surface area (Å²) in [4.78, 5) is 13.9. The maximum atomic E-state index is 12.2. The average molecular weight is 284 g/mol. The molecule has 3 N–H and O–H groups in total. The van der Waals surface area contributed by atoms with Crippen LogP contribution in [0.15, 0.2) is 18.2 Å². The van der Waals surface area contributed by atoms with Crippen LogP contribution in [0.1, 0.15) is 23.2 Å². The summed E-state index contributed by atoms with van der Waals surface area (Å²) in [6.45, 7) is 1.00. The van der Waals surface area contributed by atoms with Crippen molar-refractivity contribution < 1.29 is 19.9 Å². The molecule has 1 aromatic rings. The van der Waals surface area contributed by atoms with Crippen LogP contribution in [0.4, 0.5) is 0 Å². The Morgan fingerprint density at radius 1 is 1.32 bits per heavy atom. The summed E-state index contributed by atoms with van der Waals surface area (Å²) in [5.74, 6) is -0.198. The van der Waals surface area contributed by atoms with Crippen molar-refractivity contribution in [2.24, 2.45) is 0 Å². The van der Waals surface area contributed by atoms with E-state index in [0.717, 1.165) is 0 Å². The lowest BCUT2D eigenvalue weighted by Crippen LogP contribution is -2.40. The fourth-order valence-electron chi connectivity index (χ4n) is 2.10. The van der Waals surface area contributed by atoms with E-state index in [1.54, 1.807) is 4.90 Å². The minimum absolute atomic E-state index is 0.196. The first-order chi connectivity index (χ1) is 8.99. The summed E-state index contributed by atoms with van der Waals surface area (Å²) in [5.41, 5.74) is 0.582. The lowest BCUT2D eigenvalue weighted by atomic mass is 9.80. The lowest BCUT2D eigenvalue weighted by Gasteiger charge is -2.29. The van der Waals surface area contributed by atoms with Gasteiger partial charge < -0.3 is 20.1 Å². The first-order valence-corrected chi connectivity index (χ1v) is 6.49. The fraction of sp³-hybridized carbons (Fsp3) is 0.417. The third-order valence-electron chi connectivity index (χ3n) is 3.27. The van der Waals surface area contributed by atoms with Gasteiger partial charge in [-0.25, -0.2) is 0 Å². The van der Waals surface area contributed by atoms with Gasteiger partial charge in [-0.1, -0.05) is 17.7 Å². The Bertz CT molecular complexity index is 475. The molecule has 1 saturated heterocycles. The number of halogens is 1. The average Bonchev–Trinajstić information content (AvgIpc) is 2.38. The largest absolute Gasteiger partial charge is 0.488 e. The highest BCUT2D eigenvalue weighted by Gasteiger charge is 2.24. The van der Waals surface area contributed by atoms with Gasteiger partial charge in [0.25, 0.3) is 5.91 Å². The number of hydrogen-bond donors (Lipinski definition) is 3. The van der Waals surface area contributed by atoms with Gasteiger partial charge in [0.1, 0.15) is 0 Å². The van der Waals surface area contributed by atoms with E-state index in [4.69, 9.17) is 21.6 Å². The van der Waals surface area contributed by atoms with E-state index in [0.29, 0.717) is 31.5 Å². The molecule has 1 amide bonds. The zero-order valence-electron chi connectivity index (χ0n) is 10.3. The number of carbonyl (C=O) groups is 1. The van der Waals surface area contributed by atoms with Crippen LogP contribution in [0.3, 0.4) is 0 Å². The van der Waals surface area contributed by atoms with Crippen LogP contribution < -0.4 is 5.46 Å². The van der Waals surface area contributed by atoms with E-state index < -0.39 is 7.12 Å². The monoisotopic (exact) mass is 283 g/mol. The van der Waals surface area contributed by atoms with E-state index in [1.165, 1.54) is 18.2 Å². The van der Waals surface area contributed by atoms with Crippen LogP contribution in [0, 0.1) is 0 Å². The van der Waals surface area contributed by atoms with Crippen LogP contribution in [0.2, 0.25) is 5.02 Å². The summed E-state index contributed by atoms with van der Waals surface area (Å²) < 4.78 is 0. The fourth-order valence-corrected chi connectivity index (χ4v) is 2.37. The molecule has 0 radical (unpaired) electrons. The van der Waals surface area contributed by atoms with E-state index in [1.807, 2.05) is 0 Å². The Kier molecular flexibility index (Phi) is 4.47. The lowest BCUT2D eigenvalue weighted by molar-refractivity contribution is 0.0546. The maximum Gasteiger partial charge on any atom is 0.488 e. The van der Waals surface area contributed by atoms with Gasteiger partial charge in [0, 0.05) is 13.1 Å². The highest BCUT2D eigenvalue weighted by Crippen LogP contribution is 2.19. The van der Waals surface area contributed by atoms with Crippen LogP contribution in [-0.4, -0.2) is 52.3 Å². The molecule has 7 heteroatoms. The predicted octanol–water partition coefficient (Wildman–Crippen LogP) is -0.383. The van der Waals surface area contributed by atoms with Crippen molar-refractivity contribution in [3.8, 4) is 0 Å². The summed E-state index contributed by atoms with van der Waals surface area (Å²) in [6, 6.07) is 4.32. The van der Waals surface area contributed by atoms with Gasteiger partial charge in [0.2, 0.25) is 0 Å². The molecule has 0 aliphatic carbocycles. The molecule has 0 unspecified atom stereocenters. The number of aliphatic hydroxyl groups is 1. The van der Waals surface area contributed by atoms with Crippen molar-refractivity contribution in [2.75, 3.05) is 13.1 Å². The third kappa shape index (κ3) is 3.28. The molecule has 1 aliphatic rings. The summed E-state index contributed by atoms with van der Waals surface area (Å²) in [6.07, 6.45) is 0.791. The van der Waals surface area contributed by atoms with E-state index in [2.05, 4.69) is 0 Å². The molecule has 1 aliphatic heterocycles.